The Morgan fingerprint density at radius 3 is 2.87 bits per heavy atom. The van der Waals surface area contributed by atoms with Gasteiger partial charge in [-0.25, -0.2) is 4.39 Å². The van der Waals surface area contributed by atoms with Crippen molar-refractivity contribution in [2.24, 2.45) is 11.5 Å². The van der Waals surface area contributed by atoms with Crippen LogP contribution in [0.2, 0.25) is 5.02 Å². The quantitative estimate of drug-likeness (QED) is 0.704. The smallest absolute Gasteiger partial charge is 0.127 e. The molecule has 0 aliphatic heterocycles. The van der Waals surface area contributed by atoms with Crippen LogP contribution in [0.4, 0.5) is 4.39 Å². The molecule has 0 saturated heterocycles. The van der Waals surface area contributed by atoms with Crippen LogP contribution in [0.1, 0.15) is 5.56 Å². The summed E-state index contributed by atoms with van der Waals surface area (Å²) in [6.45, 7) is 1.37. The molecule has 0 amide bonds. The molecule has 0 radical (unpaired) electrons. The van der Waals surface area contributed by atoms with Gasteiger partial charge < -0.3 is 16.8 Å². The number of hydrogen-bond donors (Lipinski definition) is 3. The first kappa shape index (κ1) is 12.4. The van der Waals surface area contributed by atoms with Gasteiger partial charge in [0.1, 0.15) is 5.82 Å². The molecule has 0 saturated carbocycles. The molecule has 1 aromatic carbocycles. The Morgan fingerprint density at radius 2 is 2.20 bits per heavy atom. The van der Waals surface area contributed by atoms with Gasteiger partial charge in [0.2, 0.25) is 0 Å². The van der Waals surface area contributed by atoms with Crippen molar-refractivity contribution in [1.29, 1.82) is 0 Å². The van der Waals surface area contributed by atoms with E-state index in [1.54, 1.807) is 6.07 Å². The normalized spacial score (nSPS) is 12.8. The summed E-state index contributed by atoms with van der Waals surface area (Å²) >= 11 is 5.75. The molecule has 0 bridgehead atoms. The molecular formula is C10H15ClFN3. The number of nitrogens with two attached hydrogens (primary N) is 2. The predicted octanol–water partition coefficient (Wildman–Crippen LogP) is 0.855. The zero-order chi connectivity index (χ0) is 11.3. The molecule has 0 heterocycles. The molecule has 0 aromatic heterocycles. The highest BCUT2D eigenvalue weighted by molar-refractivity contribution is 6.30. The summed E-state index contributed by atoms with van der Waals surface area (Å²) in [4.78, 5) is 0. The van der Waals surface area contributed by atoms with Gasteiger partial charge >= 0.3 is 0 Å². The van der Waals surface area contributed by atoms with E-state index in [-0.39, 0.29) is 11.9 Å². The molecule has 0 fully saturated rings. The van der Waals surface area contributed by atoms with Gasteiger partial charge in [-0.15, -0.1) is 0 Å². The van der Waals surface area contributed by atoms with Gasteiger partial charge in [-0.05, 0) is 18.2 Å². The molecular weight excluding hydrogens is 217 g/mol. The van der Waals surface area contributed by atoms with Gasteiger partial charge in [0.25, 0.3) is 0 Å². The third-order valence-electron chi connectivity index (χ3n) is 2.03. The van der Waals surface area contributed by atoms with Gasteiger partial charge in [0, 0.05) is 36.3 Å². The average Bonchev–Trinajstić information content (AvgIpc) is 2.23. The number of hydrogen-bond acceptors (Lipinski definition) is 3. The maximum Gasteiger partial charge on any atom is 0.127 e. The minimum atomic E-state index is -0.270. The largest absolute Gasteiger partial charge is 0.329 e. The second-order valence-electron chi connectivity index (χ2n) is 3.36. The predicted molar refractivity (Wildman–Crippen MR) is 60.1 cm³/mol. The summed E-state index contributed by atoms with van der Waals surface area (Å²) in [5, 5.41) is 3.54. The summed E-state index contributed by atoms with van der Waals surface area (Å²) in [7, 11) is 0. The fraction of sp³-hybridized carbons (Fsp3) is 0.400. The van der Waals surface area contributed by atoms with Crippen molar-refractivity contribution < 1.29 is 4.39 Å². The fourth-order valence-electron chi connectivity index (χ4n) is 1.15. The van der Waals surface area contributed by atoms with Crippen LogP contribution < -0.4 is 16.8 Å². The van der Waals surface area contributed by atoms with Gasteiger partial charge in [-0.1, -0.05) is 11.6 Å². The number of nitrogens with one attached hydrogen (secondary N) is 1. The minimum absolute atomic E-state index is 0.104. The van der Waals surface area contributed by atoms with E-state index in [9.17, 15) is 4.39 Å². The summed E-state index contributed by atoms with van der Waals surface area (Å²) in [5.41, 5.74) is 11.5. The molecule has 1 aromatic rings. The van der Waals surface area contributed by atoms with Crippen molar-refractivity contribution in [2.45, 2.75) is 12.6 Å². The SMILES string of the molecule is NCC(N)CNCc1cc(Cl)ccc1F. The first-order chi connectivity index (χ1) is 7.13. The number of rotatable bonds is 5. The minimum Gasteiger partial charge on any atom is -0.329 e. The summed E-state index contributed by atoms with van der Waals surface area (Å²) in [6, 6.07) is 4.36. The molecule has 0 aliphatic rings. The molecule has 1 unspecified atom stereocenters. The van der Waals surface area contributed by atoms with Crippen LogP contribution >= 0.6 is 11.6 Å². The first-order valence-corrected chi connectivity index (χ1v) is 5.11. The topological polar surface area (TPSA) is 64.1 Å². The van der Waals surface area contributed by atoms with Crippen LogP contribution in [0.25, 0.3) is 0 Å². The summed E-state index contributed by atoms with van der Waals surface area (Å²) < 4.78 is 13.2. The lowest BCUT2D eigenvalue weighted by Gasteiger charge is -2.10. The van der Waals surface area contributed by atoms with Crippen molar-refractivity contribution in [2.75, 3.05) is 13.1 Å². The fourth-order valence-corrected chi connectivity index (χ4v) is 1.35. The Hall–Kier alpha value is -0.680. The first-order valence-electron chi connectivity index (χ1n) is 4.73. The van der Waals surface area contributed by atoms with Gasteiger partial charge in [-0.2, -0.15) is 0 Å². The van der Waals surface area contributed by atoms with Crippen molar-refractivity contribution in [3.05, 3.63) is 34.6 Å². The lowest BCUT2D eigenvalue weighted by Crippen LogP contribution is -2.39. The zero-order valence-electron chi connectivity index (χ0n) is 8.34. The van der Waals surface area contributed by atoms with Crippen LogP contribution in [0, 0.1) is 5.82 Å². The van der Waals surface area contributed by atoms with Crippen LogP contribution in [-0.2, 0) is 6.54 Å². The van der Waals surface area contributed by atoms with Gasteiger partial charge in [0.15, 0.2) is 0 Å². The molecule has 5 heteroatoms. The van der Waals surface area contributed by atoms with E-state index in [2.05, 4.69) is 5.32 Å². The molecule has 0 aliphatic carbocycles. The zero-order valence-corrected chi connectivity index (χ0v) is 9.10. The van der Waals surface area contributed by atoms with Crippen molar-refractivity contribution in [1.82, 2.24) is 5.32 Å². The van der Waals surface area contributed by atoms with Gasteiger partial charge in [-0.3, -0.25) is 0 Å². The summed E-state index contributed by atoms with van der Waals surface area (Å²) in [5.74, 6) is -0.270. The Morgan fingerprint density at radius 1 is 1.47 bits per heavy atom. The van der Waals surface area contributed by atoms with E-state index in [1.807, 2.05) is 0 Å². The molecule has 5 N–H and O–H groups in total. The molecule has 0 spiro atoms. The maximum atomic E-state index is 13.2. The van der Waals surface area contributed by atoms with E-state index in [4.69, 9.17) is 23.1 Å². The van der Waals surface area contributed by atoms with Crippen molar-refractivity contribution >= 4 is 11.6 Å². The van der Waals surface area contributed by atoms with E-state index < -0.39 is 0 Å². The van der Waals surface area contributed by atoms with Crippen LogP contribution in [0.5, 0.6) is 0 Å². The highest BCUT2D eigenvalue weighted by Gasteiger charge is 2.03. The van der Waals surface area contributed by atoms with E-state index in [1.165, 1.54) is 12.1 Å². The number of halogens is 2. The lowest BCUT2D eigenvalue weighted by atomic mass is 10.2. The second kappa shape index (κ2) is 6.02. The Balaban J connectivity index is 2.46. The molecule has 15 heavy (non-hydrogen) atoms. The van der Waals surface area contributed by atoms with Crippen LogP contribution in [-0.4, -0.2) is 19.1 Å². The van der Waals surface area contributed by atoms with E-state index >= 15 is 0 Å². The highest BCUT2D eigenvalue weighted by atomic mass is 35.5. The van der Waals surface area contributed by atoms with E-state index in [0.29, 0.717) is 30.2 Å². The Bertz CT molecular complexity index is 320. The number of benzene rings is 1. The average molecular weight is 232 g/mol. The van der Waals surface area contributed by atoms with Crippen LogP contribution in [0.3, 0.4) is 0 Å². The molecule has 84 valence electrons. The Labute approximate surface area is 93.6 Å². The summed E-state index contributed by atoms with van der Waals surface area (Å²) in [6.07, 6.45) is 0. The second-order valence-corrected chi connectivity index (χ2v) is 3.80. The highest BCUT2D eigenvalue weighted by Crippen LogP contribution is 2.14. The van der Waals surface area contributed by atoms with Gasteiger partial charge in [0.05, 0.1) is 0 Å². The van der Waals surface area contributed by atoms with E-state index in [0.717, 1.165) is 0 Å². The third-order valence-corrected chi connectivity index (χ3v) is 2.27. The molecule has 1 rings (SSSR count). The maximum absolute atomic E-state index is 13.2. The molecule has 3 nitrogen and oxygen atoms in total. The lowest BCUT2D eigenvalue weighted by molar-refractivity contribution is 0.556. The third kappa shape index (κ3) is 4.13. The standard InChI is InChI=1S/C10H15ClFN3/c11-8-1-2-10(12)7(3-8)5-15-6-9(14)4-13/h1-3,9,15H,4-6,13-14H2. The molecule has 1 atom stereocenters. The van der Waals surface area contributed by atoms with Crippen molar-refractivity contribution in [3.63, 3.8) is 0 Å². The monoisotopic (exact) mass is 231 g/mol. The Kier molecular flexibility index (Phi) is 4.98. The van der Waals surface area contributed by atoms with Crippen molar-refractivity contribution in [3.8, 4) is 0 Å². The van der Waals surface area contributed by atoms with Crippen LogP contribution in [0.15, 0.2) is 18.2 Å².